The number of aryl methyl sites for hydroxylation is 1. The molecule has 2 aromatic heterocycles. The van der Waals surface area contributed by atoms with E-state index >= 15 is 0 Å². The number of carbonyl (C=O) groups is 2. The van der Waals surface area contributed by atoms with E-state index in [9.17, 15) is 9.59 Å². The van der Waals surface area contributed by atoms with E-state index < -0.39 is 0 Å². The van der Waals surface area contributed by atoms with Gasteiger partial charge in [0.2, 0.25) is 5.91 Å². The quantitative estimate of drug-likeness (QED) is 0.472. The molecule has 2 aromatic rings. The van der Waals surface area contributed by atoms with E-state index in [1.54, 1.807) is 24.3 Å². The maximum absolute atomic E-state index is 12.6. The van der Waals surface area contributed by atoms with E-state index in [1.165, 1.54) is 5.56 Å². The predicted molar refractivity (Wildman–Crippen MR) is 135 cm³/mol. The lowest BCUT2D eigenvalue weighted by Crippen LogP contribution is -2.49. The van der Waals surface area contributed by atoms with Crippen LogP contribution in [-0.2, 0) is 11.3 Å². The fourth-order valence-electron chi connectivity index (χ4n) is 4.38. The van der Waals surface area contributed by atoms with Gasteiger partial charge in [-0.1, -0.05) is 30.1 Å². The molecule has 1 fully saturated rings. The number of carbonyl (C=O) groups excluding carboxylic acids is 2. The summed E-state index contributed by atoms with van der Waals surface area (Å²) < 4.78 is 0. The van der Waals surface area contributed by atoms with Gasteiger partial charge in [-0.05, 0) is 67.1 Å². The van der Waals surface area contributed by atoms with E-state index in [2.05, 4.69) is 43.9 Å². The number of nitrogens with one attached hydrogen (secondary N) is 1. The zero-order valence-electron chi connectivity index (χ0n) is 19.4. The Balaban J connectivity index is 1.47. The molecule has 180 valence electrons. The van der Waals surface area contributed by atoms with Crippen molar-refractivity contribution in [3.63, 3.8) is 0 Å². The third-order valence-corrected chi connectivity index (χ3v) is 7.53. The summed E-state index contributed by atoms with van der Waals surface area (Å²) in [4.78, 5) is 33.6. The molecule has 1 aliphatic heterocycles. The molecule has 3 heterocycles. The topological polar surface area (TPSA) is 65.5 Å². The largest absolute Gasteiger partial charge is 0.352 e. The number of piperidine rings is 1. The maximum Gasteiger partial charge on any atom is 0.254 e. The van der Waals surface area contributed by atoms with Crippen LogP contribution in [0.5, 0.6) is 0 Å². The van der Waals surface area contributed by atoms with Gasteiger partial charge < -0.3 is 15.1 Å². The van der Waals surface area contributed by atoms with Crippen molar-refractivity contribution in [3.05, 3.63) is 49.9 Å². The van der Waals surface area contributed by atoms with Crippen LogP contribution in [0.1, 0.15) is 61.0 Å². The zero-order valence-corrected chi connectivity index (χ0v) is 21.8. The van der Waals surface area contributed by atoms with Gasteiger partial charge in [-0.3, -0.25) is 9.59 Å². The van der Waals surface area contributed by atoms with Gasteiger partial charge >= 0.3 is 0 Å². The molecule has 1 N–H and O–H groups in total. The number of hydrogen-bond acceptors (Lipinski definition) is 5. The van der Waals surface area contributed by atoms with Gasteiger partial charge in [-0.2, -0.15) is 11.3 Å². The molecule has 9 heteroatoms. The molecular formula is C24H32Cl2N4O2S. The van der Waals surface area contributed by atoms with Crippen LogP contribution in [0.4, 0.5) is 0 Å². The van der Waals surface area contributed by atoms with Gasteiger partial charge in [0.1, 0.15) is 10.3 Å². The highest BCUT2D eigenvalue weighted by Gasteiger charge is 2.29. The van der Waals surface area contributed by atoms with Crippen molar-refractivity contribution in [3.8, 4) is 0 Å². The van der Waals surface area contributed by atoms with E-state index in [4.69, 9.17) is 23.2 Å². The summed E-state index contributed by atoms with van der Waals surface area (Å²) in [6, 6.07) is 4.35. The molecule has 1 atom stereocenters. The highest BCUT2D eigenvalue weighted by molar-refractivity contribution is 7.07. The van der Waals surface area contributed by atoms with Crippen LogP contribution in [0.3, 0.4) is 0 Å². The summed E-state index contributed by atoms with van der Waals surface area (Å²) in [5.74, 6) is -0.00391. The number of rotatable bonds is 9. The molecule has 0 aromatic carbocycles. The summed E-state index contributed by atoms with van der Waals surface area (Å²) in [5.41, 5.74) is 2.29. The Bertz CT molecular complexity index is 923. The van der Waals surface area contributed by atoms with Crippen LogP contribution in [0.2, 0.25) is 10.3 Å². The lowest BCUT2D eigenvalue weighted by atomic mass is 10.00. The monoisotopic (exact) mass is 510 g/mol. The SMILES string of the molecule is CCC(=O)N(Cc1ccsc1)C1CCN(C(C)CCNC(=O)c2c(C)cc(Cl)nc2Cl)CC1. The van der Waals surface area contributed by atoms with Crippen molar-refractivity contribution in [2.24, 2.45) is 0 Å². The van der Waals surface area contributed by atoms with Gasteiger partial charge in [0.15, 0.2) is 0 Å². The van der Waals surface area contributed by atoms with E-state index in [0.29, 0.717) is 36.7 Å². The Morgan fingerprint density at radius 3 is 2.67 bits per heavy atom. The molecule has 0 spiro atoms. The standard InChI is InChI=1S/C24H32Cl2N4O2S/c1-4-21(31)30(14-18-8-12-33-15-18)19-6-10-29(11-7-19)17(3)5-9-27-24(32)22-16(2)13-20(25)28-23(22)26/h8,12-13,15,17,19H,4-7,9-11,14H2,1-3H3,(H,27,32). The first-order valence-corrected chi connectivity index (χ1v) is 13.2. The molecule has 0 saturated carbocycles. The van der Waals surface area contributed by atoms with Crippen molar-refractivity contribution in [2.75, 3.05) is 19.6 Å². The van der Waals surface area contributed by atoms with Crippen LogP contribution < -0.4 is 5.32 Å². The second-order valence-corrected chi connectivity index (χ2v) is 10.1. The number of aromatic nitrogens is 1. The highest BCUT2D eigenvalue weighted by atomic mass is 35.5. The van der Waals surface area contributed by atoms with Gasteiger partial charge in [0.25, 0.3) is 5.91 Å². The minimum absolute atomic E-state index is 0.126. The Morgan fingerprint density at radius 2 is 2.06 bits per heavy atom. The maximum atomic E-state index is 12.6. The molecule has 2 amide bonds. The van der Waals surface area contributed by atoms with Crippen LogP contribution in [0, 0.1) is 6.92 Å². The van der Waals surface area contributed by atoms with Gasteiger partial charge in [0, 0.05) is 44.7 Å². The van der Waals surface area contributed by atoms with Crippen molar-refractivity contribution in [2.45, 2.75) is 65.1 Å². The Hall–Kier alpha value is -1.67. The third-order valence-electron chi connectivity index (χ3n) is 6.33. The number of halogens is 2. The number of pyridine rings is 1. The first kappa shape index (κ1) is 25.9. The van der Waals surface area contributed by atoms with Crippen molar-refractivity contribution < 1.29 is 9.59 Å². The molecule has 1 saturated heterocycles. The lowest BCUT2D eigenvalue weighted by Gasteiger charge is -2.40. The predicted octanol–water partition coefficient (Wildman–Crippen LogP) is 5.17. The molecule has 1 aliphatic rings. The zero-order chi connectivity index (χ0) is 24.0. The Kier molecular flexibility index (Phi) is 9.56. The van der Waals surface area contributed by atoms with E-state index in [-0.39, 0.29) is 28.2 Å². The van der Waals surface area contributed by atoms with Gasteiger partial charge in [0.05, 0.1) is 5.56 Å². The van der Waals surface area contributed by atoms with Crippen LogP contribution in [0.25, 0.3) is 0 Å². The smallest absolute Gasteiger partial charge is 0.254 e. The van der Waals surface area contributed by atoms with E-state index in [1.807, 2.05) is 6.92 Å². The average Bonchev–Trinajstić information content (AvgIpc) is 3.29. The summed E-state index contributed by atoms with van der Waals surface area (Å²) in [5, 5.41) is 7.55. The second kappa shape index (κ2) is 12.2. The summed E-state index contributed by atoms with van der Waals surface area (Å²) in [6.07, 6.45) is 3.31. The first-order valence-electron chi connectivity index (χ1n) is 11.5. The van der Waals surface area contributed by atoms with Crippen LogP contribution in [-0.4, -0.2) is 58.3 Å². The molecule has 1 unspecified atom stereocenters. The average molecular weight is 512 g/mol. The Labute approximate surface area is 210 Å². The molecule has 6 nitrogen and oxygen atoms in total. The molecule has 3 rings (SSSR count). The van der Waals surface area contributed by atoms with Gasteiger partial charge in [-0.15, -0.1) is 0 Å². The molecule has 33 heavy (non-hydrogen) atoms. The van der Waals surface area contributed by atoms with Crippen LogP contribution in [0.15, 0.2) is 22.9 Å². The summed E-state index contributed by atoms with van der Waals surface area (Å²) in [6.45, 7) is 9.07. The third kappa shape index (κ3) is 6.92. The van der Waals surface area contributed by atoms with E-state index in [0.717, 1.165) is 32.4 Å². The number of nitrogens with zero attached hydrogens (tertiary/aromatic N) is 3. The minimum Gasteiger partial charge on any atom is -0.352 e. The van der Waals surface area contributed by atoms with Gasteiger partial charge in [-0.25, -0.2) is 4.98 Å². The molecule has 0 bridgehead atoms. The highest BCUT2D eigenvalue weighted by Crippen LogP contribution is 2.23. The fourth-order valence-corrected chi connectivity index (χ4v) is 5.65. The molecule has 0 aliphatic carbocycles. The Morgan fingerprint density at radius 1 is 1.33 bits per heavy atom. The van der Waals surface area contributed by atoms with Crippen LogP contribution >= 0.6 is 34.5 Å². The second-order valence-electron chi connectivity index (χ2n) is 8.60. The minimum atomic E-state index is -0.227. The molecular weight excluding hydrogens is 479 g/mol. The fraction of sp³-hybridized carbons (Fsp3) is 0.542. The molecule has 0 radical (unpaired) electrons. The summed E-state index contributed by atoms with van der Waals surface area (Å²) >= 11 is 13.7. The lowest BCUT2D eigenvalue weighted by molar-refractivity contribution is -0.135. The number of amides is 2. The van der Waals surface area contributed by atoms with Crippen molar-refractivity contribution in [1.82, 2.24) is 20.1 Å². The number of hydrogen-bond donors (Lipinski definition) is 1. The normalized spacial score (nSPS) is 15.9. The number of thiophene rings is 1. The summed E-state index contributed by atoms with van der Waals surface area (Å²) in [7, 11) is 0. The van der Waals surface area contributed by atoms with Crippen molar-refractivity contribution >= 4 is 46.4 Å². The number of likely N-dealkylation sites (tertiary alicyclic amines) is 1. The van der Waals surface area contributed by atoms with Crippen molar-refractivity contribution in [1.29, 1.82) is 0 Å². The first-order chi connectivity index (χ1) is 15.8.